The molecule has 2 fully saturated rings. The molecule has 13 heteroatoms. The number of furan rings is 1. The Morgan fingerprint density at radius 3 is 2.50 bits per heavy atom. The molecule has 2 saturated heterocycles. The van der Waals surface area contributed by atoms with Crippen molar-refractivity contribution in [3.8, 4) is 17.4 Å². The molecule has 3 heterocycles. The molecule has 42 heavy (non-hydrogen) atoms. The molecule has 0 bridgehead atoms. The Morgan fingerprint density at radius 2 is 1.76 bits per heavy atom. The number of benzene rings is 2. The molecule has 0 amide bonds. The van der Waals surface area contributed by atoms with Gasteiger partial charge < -0.3 is 34.3 Å². The summed E-state index contributed by atoms with van der Waals surface area (Å²) >= 11 is 0. The van der Waals surface area contributed by atoms with Crippen molar-refractivity contribution in [1.82, 2.24) is 10.2 Å². The predicted molar refractivity (Wildman–Crippen MR) is 155 cm³/mol. The van der Waals surface area contributed by atoms with E-state index in [1.54, 1.807) is 18.2 Å². The molecule has 0 saturated carbocycles. The Hall–Kier alpha value is -3.77. The number of nitriles is 1. The minimum absolute atomic E-state index is 0.171. The molecule has 0 aliphatic carbocycles. The summed E-state index contributed by atoms with van der Waals surface area (Å²) in [5, 5.41) is 43.3. The van der Waals surface area contributed by atoms with Crippen molar-refractivity contribution in [2.45, 2.75) is 24.4 Å². The van der Waals surface area contributed by atoms with E-state index >= 15 is 0 Å². The second kappa shape index (κ2) is 12.2. The summed E-state index contributed by atoms with van der Waals surface area (Å²) in [6.45, 7) is 3.67. The van der Waals surface area contributed by atoms with E-state index in [4.69, 9.17) is 9.15 Å². The molecule has 12 nitrogen and oxygen atoms in total. The topological polar surface area (TPSA) is 177 Å². The van der Waals surface area contributed by atoms with Crippen LogP contribution in [-0.4, -0.2) is 105 Å². The largest absolute Gasteiger partial charge is 0.457 e. The van der Waals surface area contributed by atoms with Crippen LogP contribution < -0.4 is 10.2 Å². The number of cyclic esters (lactones) is 1. The highest BCUT2D eigenvalue weighted by molar-refractivity contribution is 7.95. The van der Waals surface area contributed by atoms with Gasteiger partial charge in [0.15, 0.2) is 6.10 Å². The average Bonchev–Trinajstić information content (AvgIpc) is 3.46. The van der Waals surface area contributed by atoms with E-state index in [2.05, 4.69) is 40.4 Å². The first kappa shape index (κ1) is 29.7. The third-order valence-corrected chi connectivity index (χ3v) is 8.99. The number of hydrogen-bond donors (Lipinski definition) is 4. The van der Waals surface area contributed by atoms with Gasteiger partial charge >= 0.3 is 5.97 Å². The summed E-state index contributed by atoms with van der Waals surface area (Å²) < 4.78 is 36.3. The molecule has 1 aromatic heterocycles. The van der Waals surface area contributed by atoms with E-state index in [0.717, 1.165) is 48.6 Å². The van der Waals surface area contributed by atoms with Crippen LogP contribution in [0.25, 0.3) is 28.2 Å². The maximum Gasteiger partial charge on any atom is 0.338 e. The lowest BCUT2D eigenvalue weighted by Crippen LogP contribution is -2.58. The Bertz CT molecular complexity index is 1640. The van der Waals surface area contributed by atoms with Gasteiger partial charge in [-0.15, -0.1) is 0 Å². The predicted octanol–water partition coefficient (Wildman–Crippen LogP) is 0.686. The van der Waals surface area contributed by atoms with Gasteiger partial charge in [0.05, 0.1) is 0 Å². The van der Waals surface area contributed by atoms with Gasteiger partial charge in [0.2, 0.25) is 9.84 Å². The lowest BCUT2D eigenvalue weighted by atomic mass is 10.00. The minimum Gasteiger partial charge on any atom is -0.457 e. The molecule has 2 aromatic carbocycles. The molecule has 2 aliphatic rings. The maximum atomic E-state index is 12.8. The van der Waals surface area contributed by atoms with Gasteiger partial charge in [-0.1, -0.05) is 18.2 Å². The van der Waals surface area contributed by atoms with E-state index in [1.807, 2.05) is 18.2 Å². The molecular weight excluding hydrogens is 564 g/mol. The SMILES string of the molecule is CN1CCN(c2ccc3cc(-c4ccc(/C=C(\C#N)S(=O)(=O)CNCC5OC(=O)[C@H](O)[C@@H](O)[C@@H]5O)o4)ccc3c2)CC1. The van der Waals surface area contributed by atoms with Crippen LogP contribution in [0.3, 0.4) is 0 Å². The number of ether oxygens (including phenoxy) is 1. The maximum absolute atomic E-state index is 12.8. The number of anilines is 1. The molecule has 0 spiro atoms. The molecule has 5 rings (SSSR count). The first-order chi connectivity index (χ1) is 20.1. The van der Waals surface area contributed by atoms with Crippen LogP contribution in [0.5, 0.6) is 0 Å². The molecule has 0 radical (unpaired) electrons. The fourth-order valence-electron chi connectivity index (χ4n) is 4.96. The first-order valence-corrected chi connectivity index (χ1v) is 15.1. The number of likely N-dealkylation sites (N-methyl/N-ethyl adjacent to an activating group) is 1. The zero-order valence-corrected chi connectivity index (χ0v) is 23.7. The zero-order valence-electron chi connectivity index (χ0n) is 22.9. The molecule has 1 unspecified atom stereocenters. The second-order valence-electron chi connectivity index (χ2n) is 10.5. The van der Waals surface area contributed by atoms with Crippen LogP contribution in [0.15, 0.2) is 57.9 Å². The summed E-state index contributed by atoms with van der Waals surface area (Å²) in [5.74, 6) is -1.16. The monoisotopic (exact) mass is 596 g/mol. The van der Waals surface area contributed by atoms with Gasteiger partial charge in [-0.3, -0.25) is 5.32 Å². The van der Waals surface area contributed by atoms with E-state index in [1.165, 1.54) is 5.69 Å². The number of nitrogens with one attached hydrogen (secondary N) is 1. The highest BCUT2D eigenvalue weighted by Crippen LogP contribution is 2.30. The number of nitrogens with zero attached hydrogens (tertiary/aromatic N) is 3. The van der Waals surface area contributed by atoms with Crippen LogP contribution in [-0.2, 0) is 19.4 Å². The van der Waals surface area contributed by atoms with E-state index in [0.29, 0.717) is 5.76 Å². The molecule has 3 aromatic rings. The van der Waals surface area contributed by atoms with Gasteiger partial charge in [-0.05, 0) is 48.2 Å². The van der Waals surface area contributed by atoms with Crippen LogP contribution in [0, 0.1) is 11.3 Å². The van der Waals surface area contributed by atoms with Crippen molar-refractivity contribution in [3.05, 3.63) is 59.2 Å². The molecular formula is C29H32N4O8S. The summed E-state index contributed by atoms with van der Waals surface area (Å²) in [6.07, 6.45) is -5.43. The smallest absolute Gasteiger partial charge is 0.338 e. The number of aliphatic hydroxyl groups excluding tert-OH is 3. The van der Waals surface area contributed by atoms with Crippen LogP contribution in [0.4, 0.5) is 5.69 Å². The summed E-state index contributed by atoms with van der Waals surface area (Å²) in [4.78, 5) is 15.7. The normalized spacial score (nSPS) is 24.0. The Kier molecular flexibility index (Phi) is 8.65. The minimum atomic E-state index is -4.14. The highest BCUT2D eigenvalue weighted by atomic mass is 32.2. The fourth-order valence-corrected chi connectivity index (χ4v) is 5.94. The van der Waals surface area contributed by atoms with Crippen molar-refractivity contribution in [3.63, 3.8) is 0 Å². The third kappa shape index (κ3) is 6.34. The van der Waals surface area contributed by atoms with Crippen LogP contribution in [0.1, 0.15) is 5.76 Å². The highest BCUT2D eigenvalue weighted by Gasteiger charge is 2.43. The number of piperazine rings is 1. The zero-order chi connectivity index (χ0) is 30.0. The average molecular weight is 597 g/mol. The number of carbonyl (C=O) groups is 1. The molecule has 2 aliphatic heterocycles. The van der Waals surface area contributed by atoms with Crippen molar-refractivity contribution >= 4 is 38.3 Å². The number of rotatable bonds is 8. The number of carbonyl (C=O) groups excluding carboxylic acids is 1. The Labute approximate surface area is 242 Å². The quantitative estimate of drug-likeness (QED) is 0.212. The van der Waals surface area contributed by atoms with Gasteiger partial charge in [-0.2, -0.15) is 5.26 Å². The van der Waals surface area contributed by atoms with Crippen molar-refractivity contribution in [1.29, 1.82) is 5.26 Å². The summed E-state index contributed by atoms with van der Waals surface area (Å²) in [5.41, 5.74) is 1.98. The number of sulfone groups is 1. The lowest BCUT2D eigenvalue weighted by Gasteiger charge is -2.34. The second-order valence-corrected chi connectivity index (χ2v) is 12.4. The van der Waals surface area contributed by atoms with E-state index in [-0.39, 0.29) is 12.3 Å². The lowest BCUT2D eigenvalue weighted by molar-refractivity contribution is -0.201. The number of aliphatic hydroxyl groups is 3. The van der Waals surface area contributed by atoms with Crippen molar-refractivity contribution in [2.75, 3.05) is 50.5 Å². The summed E-state index contributed by atoms with van der Waals surface area (Å²) in [6, 6.07) is 17.2. The van der Waals surface area contributed by atoms with E-state index in [9.17, 15) is 33.8 Å². The number of allylic oxidation sites excluding steroid dienone is 1. The Morgan fingerprint density at radius 1 is 1.05 bits per heavy atom. The number of esters is 1. The molecule has 222 valence electrons. The number of fused-ring (bicyclic) bond motifs is 1. The van der Waals surface area contributed by atoms with Gasteiger partial charge in [0.25, 0.3) is 0 Å². The molecule has 4 N–H and O–H groups in total. The van der Waals surface area contributed by atoms with Gasteiger partial charge in [-0.25, -0.2) is 13.2 Å². The summed E-state index contributed by atoms with van der Waals surface area (Å²) in [7, 11) is -2.01. The fraction of sp³-hybridized carbons (Fsp3) is 0.379. The van der Waals surface area contributed by atoms with E-state index < -0.39 is 51.0 Å². The van der Waals surface area contributed by atoms with Gasteiger partial charge in [0.1, 0.15) is 46.7 Å². The number of hydrogen-bond acceptors (Lipinski definition) is 12. The van der Waals surface area contributed by atoms with Crippen LogP contribution in [0.2, 0.25) is 0 Å². The Balaban J connectivity index is 1.25. The first-order valence-electron chi connectivity index (χ1n) is 13.4. The van der Waals surface area contributed by atoms with Gasteiger partial charge in [0, 0.05) is 50.1 Å². The third-order valence-electron chi connectivity index (χ3n) is 7.52. The van der Waals surface area contributed by atoms with Crippen molar-refractivity contribution < 1.29 is 37.7 Å². The molecule has 4 atom stereocenters. The van der Waals surface area contributed by atoms with Crippen LogP contribution >= 0.6 is 0 Å². The standard InChI is InChI=1S/C29H32N4O8S/c1-32-8-10-33(11-9-32)21-5-4-18-12-20(3-2-19(18)13-21)24-7-6-22(40-24)14-23(15-30)42(38,39)17-31-16-25-26(34)27(35)28(36)29(37)41-25/h2-7,12-14,25-28,31,34-36H,8-11,16-17H2,1H3/b23-14+/t25?,26-,27+,28-/m1/s1. The van der Waals surface area contributed by atoms with Crippen molar-refractivity contribution in [2.24, 2.45) is 0 Å².